The van der Waals surface area contributed by atoms with Gasteiger partial charge in [-0.25, -0.2) is 17.6 Å². The predicted molar refractivity (Wildman–Crippen MR) is 113 cm³/mol. The molecule has 6 heteroatoms. The zero-order valence-electron chi connectivity index (χ0n) is 17.3. The Hall–Kier alpha value is -3.02. The first kappa shape index (κ1) is 23.3. The molecule has 0 radical (unpaired) electrons. The second-order valence-electron chi connectivity index (χ2n) is 6.16. The molecule has 160 valence electrons. The third kappa shape index (κ3) is 5.12. The second kappa shape index (κ2) is 10.7. The van der Waals surface area contributed by atoms with Crippen molar-refractivity contribution in [1.29, 1.82) is 0 Å². The summed E-state index contributed by atoms with van der Waals surface area (Å²) in [5, 5.41) is 0. The van der Waals surface area contributed by atoms with E-state index < -0.39 is 24.7 Å². The highest BCUT2D eigenvalue weighted by Crippen LogP contribution is 2.39. The van der Waals surface area contributed by atoms with Crippen LogP contribution in [0.4, 0.5) is 17.6 Å². The number of ether oxygens (including phenoxy) is 1. The van der Waals surface area contributed by atoms with Gasteiger partial charge in [-0.3, -0.25) is 0 Å². The van der Waals surface area contributed by atoms with Crippen molar-refractivity contribution in [1.82, 2.24) is 4.90 Å². The van der Waals surface area contributed by atoms with Crippen LogP contribution in [0.2, 0.25) is 0 Å². The number of hydrogen-bond donors (Lipinski definition) is 0. The third-order valence-corrected chi connectivity index (χ3v) is 4.34. The molecule has 1 aliphatic heterocycles. The van der Waals surface area contributed by atoms with E-state index in [9.17, 15) is 17.6 Å². The quantitative estimate of drug-likeness (QED) is 0.472. The van der Waals surface area contributed by atoms with Crippen molar-refractivity contribution in [2.45, 2.75) is 27.2 Å². The fraction of sp³-hybridized carbons (Fsp3) is 0.250. The van der Waals surface area contributed by atoms with Crippen LogP contribution in [0.3, 0.4) is 0 Å². The lowest BCUT2D eigenvalue weighted by atomic mass is 9.94. The summed E-state index contributed by atoms with van der Waals surface area (Å²) in [6.45, 7) is 9.31. The molecule has 2 aromatic rings. The molecule has 0 unspecified atom stereocenters. The van der Waals surface area contributed by atoms with E-state index in [0.29, 0.717) is 23.5 Å². The van der Waals surface area contributed by atoms with Crippen molar-refractivity contribution in [2.75, 3.05) is 13.2 Å². The van der Waals surface area contributed by atoms with Gasteiger partial charge in [-0.05, 0) is 18.6 Å². The van der Waals surface area contributed by atoms with E-state index in [1.807, 2.05) is 51.1 Å². The van der Waals surface area contributed by atoms with Crippen LogP contribution in [0.5, 0.6) is 5.75 Å². The van der Waals surface area contributed by atoms with E-state index in [2.05, 4.69) is 6.58 Å². The molecular formula is C24H25F4NO. The molecule has 2 aromatic carbocycles. The average Bonchev–Trinajstić information content (AvgIpc) is 2.74. The van der Waals surface area contributed by atoms with Gasteiger partial charge in [-0.1, -0.05) is 56.8 Å². The van der Waals surface area contributed by atoms with Gasteiger partial charge in [-0.15, -0.1) is 0 Å². The first-order valence-electron chi connectivity index (χ1n) is 9.77. The van der Waals surface area contributed by atoms with Crippen molar-refractivity contribution in [2.24, 2.45) is 0 Å². The number of allylic oxidation sites excluding steroid dienone is 3. The van der Waals surface area contributed by atoms with Crippen LogP contribution in [0.1, 0.15) is 31.9 Å². The number of hydrogen-bond acceptors (Lipinski definition) is 2. The molecule has 0 saturated carbocycles. The van der Waals surface area contributed by atoms with Gasteiger partial charge >= 0.3 is 0 Å². The molecule has 2 nitrogen and oxygen atoms in total. The molecule has 0 fully saturated rings. The Morgan fingerprint density at radius 1 is 1.00 bits per heavy atom. The molecule has 3 rings (SSSR count). The van der Waals surface area contributed by atoms with Gasteiger partial charge in [0.1, 0.15) is 24.0 Å². The van der Waals surface area contributed by atoms with E-state index in [0.717, 1.165) is 17.7 Å². The Bertz CT molecular complexity index is 912. The average molecular weight is 419 g/mol. The van der Waals surface area contributed by atoms with Crippen LogP contribution < -0.4 is 4.74 Å². The van der Waals surface area contributed by atoms with Gasteiger partial charge in [0, 0.05) is 29.9 Å². The van der Waals surface area contributed by atoms with Crippen molar-refractivity contribution < 1.29 is 22.3 Å². The van der Waals surface area contributed by atoms with Crippen LogP contribution in [0, 0.1) is 11.6 Å². The van der Waals surface area contributed by atoms with Gasteiger partial charge in [0.25, 0.3) is 6.43 Å². The Kier molecular flexibility index (Phi) is 8.27. The van der Waals surface area contributed by atoms with E-state index in [1.54, 1.807) is 17.1 Å². The second-order valence-corrected chi connectivity index (χ2v) is 6.16. The molecule has 0 atom stereocenters. The van der Waals surface area contributed by atoms with Crippen molar-refractivity contribution in [3.05, 3.63) is 89.7 Å². The van der Waals surface area contributed by atoms with Crippen LogP contribution in [0.15, 0.2) is 66.9 Å². The molecular weight excluding hydrogens is 394 g/mol. The first-order chi connectivity index (χ1) is 14.4. The number of halogens is 4. The topological polar surface area (TPSA) is 12.5 Å². The lowest BCUT2D eigenvalue weighted by Crippen LogP contribution is -2.24. The molecule has 0 aromatic heterocycles. The molecule has 0 amide bonds. The minimum atomic E-state index is -2.74. The third-order valence-electron chi connectivity index (χ3n) is 4.34. The van der Waals surface area contributed by atoms with Gasteiger partial charge in [0.05, 0.1) is 11.3 Å². The van der Waals surface area contributed by atoms with Crippen LogP contribution >= 0.6 is 0 Å². The monoisotopic (exact) mass is 419 g/mol. The van der Waals surface area contributed by atoms with E-state index in [-0.39, 0.29) is 11.3 Å². The zero-order chi connectivity index (χ0) is 22.3. The van der Waals surface area contributed by atoms with Gasteiger partial charge in [0.15, 0.2) is 0 Å². The Balaban J connectivity index is 0.00000155. The van der Waals surface area contributed by atoms with Crippen molar-refractivity contribution >= 4 is 11.3 Å². The minimum absolute atomic E-state index is 0.254. The summed E-state index contributed by atoms with van der Waals surface area (Å²) in [5.41, 5.74) is 2.09. The fourth-order valence-corrected chi connectivity index (χ4v) is 3.14. The van der Waals surface area contributed by atoms with E-state index >= 15 is 0 Å². The number of likely N-dealkylation sites (N-methyl/N-ethyl adjacent to an activating group) is 1. The number of rotatable bonds is 6. The molecule has 0 spiro atoms. The zero-order valence-corrected chi connectivity index (χ0v) is 17.3. The lowest BCUT2D eigenvalue weighted by Gasteiger charge is -2.32. The number of alkyl halides is 2. The molecule has 0 N–H and O–H groups in total. The van der Waals surface area contributed by atoms with E-state index in [4.69, 9.17) is 4.74 Å². The Morgan fingerprint density at radius 3 is 2.13 bits per heavy atom. The highest BCUT2D eigenvalue weighted by atomic mass is 19.3. The SMILES string of the molecule is C=C1C=CC(c2ccccc2)=C(c2c(F)cc(OCC(F)F)cc2F)N1CC.CC. The summed E-state index contributed by atoms with van der Waals surface area (Å²) in [7, 11) is 0. The molecule has 30 heavy (non-hydrogen) atoms. The van der Waals surface area contributed by atoms with E-state index in [1.165, 1.54) is 0 Å². The van der Waals surface area contributed by atoms with Gasteiger partial charge in [-0.2, -0.15) is 0 Å². The maximum absolute atomic E-state index is 14.9. The number of benzene rings is 2. The summed E-state index contributed by atoms with van der Waals surface area (Å²) in [5.74, 6) is -2.07. The largest absolute Gasteiger partial charge is 0.487 e. The summed E-state index contributed by atoms with van der Waals surface area (Å²) in [4.78, 5) is 1.71. The van der Waals surface area contributed by atoms with Crippen molar-refractivity contribution in [3.8, 4) is 5.75 Å². The number of nitrogens with zero attached hydrogens (tertiary/aromatic N) is 1. The highest BCUT2D eigenvalue weighted by Gasteiger charge is 2.27. The summed E-state index contributed by atoms with van der Waals surface area (Å²) >= 11 is 0. The van der Waals surface area contributed by atoms with Crippen LogP contribution in [-0.4, -0.2) is 24.5 Å². The predicted octanol–water partition coefficient (Wildman–Crippen LogP) is 6.91. The van der Waals surface area contributed by atoms with Crippen LogP contribution in [0.25, 0.3) is 11.3 Å². The standard InChI is InChI=1S/C22H19F4NO.C2H6/c1-3-27-14(2)9-10-17(15-7-5-4-6-8-15)22(27)21-18(23)11-16(12-19(21)24)28-13-20(25)26;1-2/h4-12,20H,2-3,13H2,1H3;1-2H3. The Morgan fingerprint density at radius 2 is 1.60 bits per heavy atom. The van der Waals surface area contributed by atoms with Gasteiger partial charge < -0.3 is 9.64 Å². The maximum Gasteiger partial charge on any atom is 0.272 e. The Labute approximate surface area is 174 Å². The summed E-state index contributed by atoms with van der Waals surface area (Å²) < 4.78 is 59.3. The molecule has 0 saturated heterocycles. The summed E-state index contributed by atoms with van der Waals surface area (Å²) in [6, 6.07) is 11.1. The highest BCUT2D eigenvalue weighted by molar-refractivity contribution is 5.97. The molecule has 1 aliphatic rings. The van der Waals surface area contributed by atoms with Crippen molar-refractivity contribution in [3.63, 3.8) is 0 Å². The first-order valence-corrected chi connectivity index (χ1v) is 9.77. The lowest BCUT2D eigenvalue weighted by molar-refractivity contribution is 0.0815. The molecule has 0 aliphatic carbocycles. The van der Waals surface area contributed by atoms with Crippen LogP contribution in [-0.2, 0) is 0 Å². The smallest absolute Gasteiger partial charge is 0.272 e. The van der Waals surface area contributed by atoms with Gasteiger partial charge in [0.2, 0.25) is 0 Å². The fourth-order valence-electron chi connectivity index (χ4n) is 3.14. The molecule has 0 bridgehead atoms. The summed E-state index contributed by atoms with van der Waals surface area (Å²) in [6.07, 6.45) is 0.811. The molecule has 1 heterocycles. The minimum Gasteiger partial charge on any atom is -0.487 e. The maximum atomic E-state index is 14.9. The normalized spacial score (nSPS) is 13.5.